The van der Waals surface area contributed by atoms with Crippen LogP contribution in [-0.4, -0.2) is 40.6 Å². The molecule has 0 bridgehead atoms. The number of esters is 1. The fourth-order valence-corrected chi connectivity index (χ4v) is 1.77. The molecule has 0 radical (unpaired) electrons. The molecule has 5 heteroatoms. The summed E-state index contributed by atoms with van der Waals surface area (Å²) in [5.74, 6) is -0.819. The zero-order valence-corrected chi connectivity index (χ0v) is 10.8. The average molecular weight is 266 g/mol. The first-order valence-electron chi connectivity index (χ1n) is 6.21. The number of aliphatic hydroxyl groups is 2. The summed E-state index contributed by atoms with van der Waals surface area (Å²) in [6.45, 7) is 2.44. The summed E-state index contributed by atoms with van der Waals surface area (Å²) in [4.78, 5) is 11.6. The van der Waals surface area contributed by atoms with Gasteiger partial charge in [0.25, 0.3) is 0 Å². The Kier molecular flexibility index (Phi) is 4.19. The zero-order valence-electron chi connectivity index (χ0n) is 10.8. The van der Waals surface area contributed by atoms with Crippen LogP contribution in [0.4, 0.5) is 0 Å². The molecule has 5 nitrogen and oxygen atoms in total. The van der Waals surface area contributed by atoms with Gasteiger partial charge in [-0.05, 0) is 12.5 Å². The Morgan fingerprint density at radius 2 is 2.05 bits per heavy atom. The van der Waals surface area contributed by atoms with Gasteiger partial charge in [0.2, 0.25) is 0 Å². The van der Waals surface area contributed by atoms with E-state index in [-0.39, 0.29) is 13.0 Å². The molecular weight excluding hydrogens is 248 g/mol. The van der Waals surface area contributed by atoms with Crippen molar-refractivity contribution < 1.29 is 24.5 Å². The van der Waals surface area contributed by atoms with Gasteiger partial charge in [0.15, 0.2) is 6.10 Å². The molecule has 1 aromatic rings. The number of carbonyl (C=O) groups excluding carboxylic acids is 1. The molecule has 3 atom stereocenters. The third-order valence-corrected chi connectivity index (χ3v) is 3.11. The lowest BCUT2D eigenvalue weighted by atomic mass is 10.0. The van der Waals surface area contributed by atoms with Crippen molar-refractivity contribution in [2.24, 2.45) is 0 Å². The minimum atomic E-state index is -1.54. The van der Waals surface area contributed by atoms with E-state index in [1.807, 2.05) is 37.3 Å². The van der Waals surface area contributed by atoms with Crippen molar-refractivity contribution in [2.75, 3.05) is 6.61 Å². The number of aliphatic hydroxyl groups excluding tert-OH is 2. The van der Waals surface area contributed by atoms with Gasteiger partial charge >= 0.3 is 5.97 Å². The van der Waals surface area contributed by atoms with E-state index in [4.69, 9.17) is 9.47 Å². The lowest BCUT2D eigenvalue weighted by molar-refractivity contribution is -0.161. The van der Waals surface area contributed by atoms with Gasteiger partial charge in [-0.2, -0.15) is 0 Å². The number of rotatable bonds is 6. The second-order valence-electron chi connectivity index (χ2n) is 5.05. The Morgan fingerprint density at radius 1 is 1.42 bits per heavy atom. The average Bonchev–Trinajstić information content (AvgIpc) is 3.13. The van der Waals surface area contributed by atoms with Crippen molar-refractivity contribution in [1.29, 1.82) is 0 Å². The summed E-state index contributed by atoms with van der Waals surface area (Å²) in [6, 6.07) is 9.16. The highest BCUT2D eigenvalue weighted by Gasteiger charge is 2.43. The Hall–Kier alpha value is -1.43. The van der Waals surface area contributed by atoms with Crippen molar-refractivity contribution in [1.82, 2.24) is 0 Å². The molecule has 1 aliphatic heterocycles. The Balaban J connectivity index is 1.78. The summed E-state index contributed by atoms with van der Waals surface area (Å²) in [5.41, 5.74) is 0.412. The fraction of sp³-hybridized carbons (Fsp3) is 0.500. The molecule has 1 saturated heterocycles. The fourth-order valence-electron chi connectivity index (χ4n) is 1.77. The number of hydrogen-bond donors (Lipinski definition) is 2. The molecule has 1 fully saturated rings. The highest BCUT2D eigenvalue weighted by Crippen LogP contribution is 2.31. The van der Waals surface area contributed by atoms with Crippen molar-refractivity contribution in [3.63, 3.8) is 0 Å². The lowest BCUT2D eigenvalue weighted by Crippen LogP contribution is -2.37. The second kappa shape index (κ2) is 5.69. The summed E-state index contributed by atoms with van der Waals surface area (Å²) in [7, 11) is 0. The molecule has 1 heterocycles. The van der Waals surface area contributed by atoms with E-state index in [1.165, 1.54) is 0 Å². The third kappa shape index (κ3) is 4.02. The van der Waals surface area contributed by atoms with E-state index >= 15 is 0 Å². The van der Waals surface area contributed by atoms with Gasteiger partial charge in [-0.25, -0.2) is 4.79 Å². The molecule has 0 amide bonds. The molecule has 2 N–H and O–H groups in total. The summed E-state index contributed by atoms with van der Waals surface area (Å²) in [5, 5.41) is 19.4. The van der Waals surface area contributed by atoms with Crippen LogP contribution in [0.15, 0.2) is 30.3 Å². The van der Waals surface area contributed by atoms with Gasteiger partial charge in [0.05, 0.1) is 18.3 Å². The molecule has 0 spiro atoms. The van der Waals surface area contributed by atoms with Crippen molar-refractivity contribution in [3.8, 4) is 0 Å². The Labute approximate surface area is 111 Å². The molecular formula is C14H18O5. The van der Waals surface area contributed by atoms with Gasteiger partial charge < -0.3 is 19.7 Å². The minimum absolute atomic E-state index is 0.0806. The van der Waals surface area contributed by atoms with E-state index < -0.39 is 23.8 Å². The van der Waals surface area contributed by atoms with Crippen molar-refractivity contribution >= 4 is 5.97 Å². The predicted octanol–water partition coefficient (Wildman–Crippen LogP) is 0.631. The van der Waals surface area contributed by atoms with E-state index in [9.17, 15) is 15.0 Å². The van der Waals surface area contributed by atoms with Crippen LogP contribution in [0.25, 0.3) is 0 Å². The summed E-state index contributed by atoms with van der Waals surface area (Å²) in [6.07, 6.45) is -2.49. The maximum Gasteiger partial charge on any atom is 0.338 e. The number of hydrogen-bond acceptors (Lipinski definition) is 5. The lowest BCUT2D eigenvalue weighted by Gasteiger charge is -2.18. The van der Waals surface area contributed by atoms with Crippen molar-refractivity contribution in [2.45, 2.75) is 37.8 Å². The Bertz CT molecular complexity index is 427. The van der Waals surface area contributed by atoms with E-state index in [1.54, 1.807) is 0 Å². The summed E-state index contributed by atoms with van der Waals surface area (Å²) >= 11 is 0. The van der Waals surface area contributed by atoms with Crippen LogP contribution >= 0.6 is 0 Å². The first kappa shape index (κ1) is 14.0. The number of carbonyl (C=O) groups is 1. The first-order valence-corrected chi connectivity index (χ1v) is 6.21. The standard InChI is InChI=1S/C14H18O5/c1-14(9-19-14)7-11(15)12(16)13(17)18-8-10-5-3-2-4-6-10/h2-6,11-12,15-16H,7-9H2,1H3/t11-,12+,14?/m1/s1. The van der Waals surface area contributed by atoms with Crippen LogP contribution in [0, 0.1) is 0 Å². The van der Waals surface area contributed by atoms with Crippen LogP contribution in [0.3, 0.4) is 0 Å². The van der Waals surface area contributed by atoms with E-state index in [2.05, 4.69) is 0 Å². The minimum Gasteiger partial charge on any atom is -0.459 e. The first-order chi connectivity index (χ1) is 9.00. The number of benzene rings is 1. The van der Waals surface area contributed by atoms with Crippen molar-refractivity contribution in [3.05, 3.63) is 35.9 Å². The van der Waals surface area contributed by atoms with Crippen LogP contribution in [0.2, 0.25) is 0 Å². The van der Waals surface area contributed by atoms with Crippen LogP contribution in [0.5, 0.6) is 0 Å². The van der Waals surface area contributed by atoms with Gasteiger partial charge in [0.1, 0.15) is 6.61 Å². The Morgan fingerprint density at radius 3 is 2.63 bits per heavy atom. The molecule has 1 aromatic carbocycles. The van der Waals surface area contributed by atoms with E-state index in [0.717, 1.165) is 5.56 Å². The SMILES string of the molecule is CC1(C[C@@H](O)[C@H](O)C(=O)OCc2ccccc2)CO1. The molecule has 19 heavy (non-hydrogen) atoms. The molecule has 104 valence electrons. The normalized spacial score (nSPS) is 24.6. The topological polar surface area (TPSA) is 79.3 Å². The highest BCUT2D eigenvalue weighted by atomic mass is 16.6. The molecule has 1 unspecified atom stereocenters. The third-order valence-electron chi connectivity index (χ3n) is 3.11. The quantitative estimate of drug-likeness (QED) is 0.583. The van der Waals surface area contributed by atoms with Crippen LogP contribution in [-0.2, 0) is 20.9 Å². The number of ether oxygens (including phenoxy) is 2. The van der Waals surface area contributed by atoms with Gasteiger partial charge in [-0.15, -0.1) is 0 Å². The second-order valence-corrected chi connectivity index (χ2v) is 5.05. The number of epoxide rings is 1. The predicted molar refractivity (Wildman–Crippen MR) is 67.2 cm³/mol. The molecule has 0 aliphatic carbocycles. The smallest absolute Gasteiger partial charge is 0.338 e. The maximum atomic E-state index is 11.6. The molecule has 0 aromatic heterocycles. The maximum absolute atomic E-state index is 11.6. The molecule has 0 saturated carbocycles. The van der Waals surface area contributed by atoms with Crippen LogP contribution < -0.4 is 0 Å². The van der Waals surface area contributed by atoms with E-state index in [0.29, 0.717) is 6.61 Å². The zero-order chi connectivity index (χ0) is 13.9. The largest absolute Gasteiger partial charge is 0.459 e. The highest BCUT2D eigenvalue weighted by molar-refractivity contribution is 5.75. The van der Waals surface area contributed by atoms with Crippen LogP contribution in [0.1, 0.15) is 18.9 Å². The van der Waals surface area contributed by atoms with Gasteiger partial charge in [0, 0.05) is 6.42 Å². The monoisotopic (exact) mass is 266 g/mol. The molecule has 1 aliphatic rings. The molecule has 2 rings (SSSR count). The van der Waals surface area contributed by atoms with Gasteiger partial charge in [-0.1, -0.05) is 30.3 Å². The summed E-state index contributed by atoms with van der Waals surface area (Å²) < 4.78 is 10.1. The van der Waals surface area contributed by atoms with Gasteiger partial charge in [-0.3, -0.25) is 0 Å².